The smallest absolute Gasteiger partial charge is 0.0638 e. The zero-order valence-corrected chi connectivity index (χ0v) is 7.25. The van der Waals surface area contributed by atoms with Crippen molar-refractivity contribution in [3.8, 4) is 6.07 Å². The van der Waals surface area contributed by atoms with Crippen LogP contribution in [0.2, 0.25) is 0 Å². The summed E-state index contributed by atoms with van der Waals surface area (Å²) in [5, 5.41) is 8.53. The van der Waals surface area contributed by atoms with Gasteiger partial charge in [-0.3, -0.25) is 4.90 Å². The molecule has 11 heavy (non-hydrogen) atoms. The van der Waals surface area contributed by atoms with Crippen molar-refractivity contribution in [2.24, 2.45) is 0 Å². The van der Waals surface area contributed by atoms with Crippen molar-refractivity contribution >= 4 is 0 Å². The molecule has 1 atom stereocenters. The zero-order valence-electron chi connectivity index (χ0n) is 7.25. The molecule has 3 heteroatoms. The lowest BCUT2D eigenvalue weighted by atomic mass is 10.1. The largest absolute Gasteiger partial charge is 0.304 e. The standard InChI is InChI=1S/C8H15N3/c1-10-5-6-11(2)8(7-10)3-4-9/h8H,3,5-7H2,1-2H3. The number of hydrogen-bond donors (Lipinski definition) is 0. The van der Waals surface area contributed by atoms with E-state index >= 15 is 0 Å². The van der Waals surface area contributed by atoms with Crippen LogP contribution in [0, 0.1) is 11.3 Å². The van der Waals surface area contributed by atoms with Gasteiger partial charge in [0.1, 0.15) is 0 Å². The molecule has 1 unspecified atom stereocenters. The zero-order chi connectivity index (χ0) is 8.27. The van der Waals surface area contributed by atoms with Crippen LogP contribution in [0.25, 0.3) is 0 Å². The van der Waals surface area contributed by atoms with Gasteiger partial charge in [0.25, 0.3) is 0 Å². The van der Waals surface area contributed by atoms with Crippen LogP contribution in [0.3, 0.4) is 0 Å². The third-order valence-electron chi connectivity index (χ3n) is 2.31. The average molecular weight is 153 g/mol. The van der Waals surface area contributed by atoms with Crippen LogP contribution in [0.5, 0.6) is 0 Å². The Balaban J connectivity index is 2.42. The first-order chi connectivity index (χ1) is 5.24. The van der Waals surface area contributed by atoms with Gasteiger partial charge in [0.2, 0.25) is 0 Å². The van der Waals surface area contributed by atoms with E-state index in [9.17, 15) is 0 Å². The van der Waals surface area contributed by atoms with Gasteiger partial charge in [-0.1, -0.05) is 0 Å². The molecule has 3 nitrogen and oxygen atoms in total. The van der Waals surface area contributed by atoms with Crippen LogP contribution in [-0.4, -0.2) is 49.6 Å². The molecule has 0 bridgehead atoms. The molecule has 0 aromatic carbocycles. The van der Waals surface area contributed by atoms with E-state index in [-0.39, 0.29) is 0 Å². The quantitative estimate of drug-likeness (QED) is 0.537. The molecule has 0 aromatic rings. The number of hydrogen-bond acceptors (Lipinski definition) is 3. The summed E-state index contributed by atoms with van der Waals surface area (Å²) in [4.78, 5) is 4.55. The molecule has 1 aliphatic heterocycles. The SMILES string of the molecule is CN1CCN(C)C(CC#N)C1. The first-order valence-electron chi connectivity index (χ1n) is 3.99. The molecule has 0 radical (unpaired) electrons. The molecule has 1 rings (SSSR count). The lowest BCUT2D eigenvalue weighted by molar-refractivity contribution is 0.117. The summed E-state index contributed by atoms with van der Waals surface area (Å²) in [5.74, 6) is 0. The van der Waals surface area contributed by atoms with Gasteiger partial charge >= 0.3 is 0 Å². The van der Waals surface area contributed by atoms with Crippen LogP contribution < -0.4 is 0 Å². The van der Waals surface area contributed by atoms with E-state index in [1.807, 2.05) is 0 Å². The van der Waals surface area contributed by atoms with E-state index in [1.165, 1.54) is 0 Å². The molecule has 0 N–H and O–H groups in total. The second-order valence-corrected chi connectivity index (χ2v) is 3.26. The highest BCUT2D eigenvalue weighted by atomic mass is 15.3. The van der Waals surface area contributed by atoms with Gasteiger partial charge in [-0.05, 0) is 14.1 Å². The summed E-state index contributed by atoms with van der Waals surface area (Å²) in [7, 11) is 4.20. The van der Waals surface area contributed by atoms with E-state index in [0.717, 1.165) is 19.6 Å². The number of likely N-dealkylation sites (N-methyl/N-ethyl adjacent to an activating group) is 2. The van der Waals surface area contributed by atoms with Crippen LogP contribution in [0.4, 0.5) is 0 Å². The Labute approximate surface area is 68.2 Å². The topological polar surface area (TPSA) is 30.3 Å². The molecular formula is C8H15N3. The number of nitriles is 1. The van der Waals surface area contributed by atoms with Crippen molar-refractivity contribution < 1.29 is 0 Å². The van der Waals surface area contributed by atoms with Crippen molar-refractivity contribution in [3.05, 3.63) is 0 Å². The number of piperazine rings is 1. The molecule has 62 valence electrons. The third kappa shape index (κ3) is 2.18. The third-order valence-corrected chi connectivity index (χ3v) is 2.31. The van der Waals surface area contributed by atoms with Crippen molar-refractivity contribution in [2.75, 3.05) is 33.7 Å². The summed E-state index contributed by atoms with van der Waals surface area (Å²) in [6.45, 7) is 3.24. The van der Waals surface area contributed by atoms with Crippen molar-refractivity contribution in [3.63, 3.8) is 0 Å². The minimum absolute atomic E-state index is 0.443. The summed E-state index contributed by atoms with van der Waals surface area (Å²) < 4.78 is 0. The van der Waals surface area contributed by atoms with Gasteiger partial charge in [-0.15, -0.1) is 0 Å². The highest BCUT2D eigenvalue weighted by molar-refractivity contribution is 4.86. The molecule has 1 heterocycles. The van der Waals surface area contributed by atoms with Crippen LogP contribution in [0.1, 0.15) is 6.42 Å². The number of nitrogens with zero attached hydrogens (tertiary/aromatic N) is 3. The van der Waals surface area contributed by atoms with Crippen molar-refractivity contribution in [2.45, 2.75) is 12.5 Å². The summed E-state index contributed by atoms with van der Waals surface area (Å²) >= 11 is 0. The molecule has 1 saturated heterocycles. The van der Waals surface area contributed by atoms with Gasteiger partial charge in [-0.25, -0.2) is 0 Å². The van der Waals surface area contributed by atoms with Gasteiger partial charge in [-0.2, -0.15) is 5.26 Å². The Kier molecular flexibility index (Phi) is 2.86. The summed E-state index contributed by atoms with van der Waals surface area (Å²) in [5.41, 5.74) is 0. The van der Waals surface area contributed by atoms with Crippen molar-refractivity contribution in [1.82, 2.24) is 9.80 Å². The molecule has 1 fully saturated rings. The Morgan fingerprint density at radius 3 is 2.82 bits per heavy atom. The highest BCUT2D eigenvalue weighted by Crippen LogP contribution is 2.07. The van der Waals surface area contributed by atoms with E-state index in [2.05, 4.69) is 30.0 Å². The van der Waals surface area contributed by atoms with E-state index < -0.39 is 0 Å². The van der Waals surface area contributed by atoms with Gasteiger partial charge in [0.05, 0.1) is 12.5 Å². The highest BCUT2D eigenvalue weighted by Gasteiger charge is 2.21. The van der Waals surface area contributed by atoms with Crippen LogP contribution in [-0.2, 0) is 0 Å². The molecule has 0 saturated carbocycles. The molecule has 0 aliphatic carbocycles. The maximum absolute atomic E-state index is 8.53. The maximum Gasteiger partial charge on any atom is 0.0638 e. The Morgan fingerprint density at radius 2 is 2.18 bits per heavy atom. The fourth-order valence-electron chi connectivity index (χ4n) is 1.43. The van der Waals surface area contributed by atoms with Crippen LogP contribution in [0.15, 0.2) is 0 Å². The predicted octanol–water partition coefficient (Wildman–Crippen LogP) is 0.146. The predicted molar refractivity (Wildman–Crippen MR) is 44.1 cm³/mol. The minimum Gasteiger partial charge on any atom is -0.304 e. The Bertz CT molecular complexity index is 161. The van der Waals surface area contributed by atoms with E-state index in [0.29, 0.717) is 12.5 Å². The molecular weight excluding hydrogens is 138 g/mol. The van der Waals surface area contributed by atoms with E-state index in [1.54, 1.807) is 0 Å². The summed E-state index contributed by atoms with van der Waals surface area (Å²) in [6, 6.07) is 2.66. The van der Waals surface area contributed by atoms with Gasteiger partial charge in [0, 0.05) is 25.7 Å². The van der Waals surface area contributed by atoms with Crippen LogP contribution >= 0.6 is 0 Å². The normalized spacial score (nSPS) is 28.3. The first-order valence-corrected chi connectivity index (χ1v) is 3.99. The fourth-order valence-corrected chi connectivity index (χ4v) is 1.43. The fraction of sp³-hybridized carbons (Fsp3) is 0.875. The first kappa shape index (κ1) is 8.51. The Hall–Kier alpha value is -0.590. The van der Waals surface area contributed by atoms with Gasteiger partial charge in [0.15, 0.2) is 0 Å². The molecule has 0 spiro atoms. The molecule has 1 aliphatic rings. The van der Waals surface area contributed by atoms with Gasteiger partial charge < -0.3 is 4.90 Å². The Morgan fingerprint density at radius 1 is 1.45 bits per heavy atom. The summed E-state index contributed by atoms with van der Waals surface area (Å²) in [6.07, 6.45) is 0.654. The second-order valence-electron chi connectivity index (χ2n) is 3.26. The molecule has 0 amide bonds. The number of rotatable bonds is 1. The average Bonchev–Trinajstić information content (AvgIpc) is 1.98. The lowest BCUT2D eigenvalue weighted by Gasteiger charge is -2.36. The second kappa shape index (κ2) is 3.70. The van der Waals surface area contributed by atoms with E-state index in [4.69, 9.17) is 5.26 Å². The maximum atomic E-state index is 8.53. The minimum atomic E-state index is 0.443. The van der Waals surface area contributed by atoms with Crippen molar-refractivity contribution in [1.29, 1.82) is 5.26 Å². The monoisotopic (exact) mass is 153 g/mol. The lowest BCUT2D eigenvalue weighted by Crippen LogP contribution is -2.49. The molecule has 0 aromatic heterocycles.